The Bertz CT molecular complexity index is 642. The molecule has 20 heavy (non-hydrogen) atoms. The van der Waals surface area contributed by atoms with Gasteiger partial charge in [0.2, 0.25) is 5.91 Å². The number of nitrogens with zero attached hydrogens (tertiary/aromatic N) is 1. The molecule has 0 aliphatic carbocycles. The van der Waals surface area contributed by atoms with Crippen LogP contribution in [-0.4, -0.2) is 5.91 Å². The monoisotopic (exact) mass is 265 g/mol. The number of anilines is 1. The van der Waals surface area contributed by atoms with Gasteiger partial charge in [0.05, 0.1) is 12.5 Å². The Labute approximate surface area is 117 Å². The van der Waals surface area contributed by atoms with Crippen LogP contribution in [0.5, 0.6) is 0 Å². The summed E-state index contributed by atoms with van der Waals surface area (Å²) in [6.45, 7) is 0.525. The molecule has 0 aliphatic rings. The van der Waals surface area contributed by atoms with E-state index >= 15 is 0 Å². The quantitative estimate of drug-likeness (QED) is 0.871. The lowest BCUT2D eigenvalue weighted by Gasteiger charge is -2.09. The average Bonchev–Trinajstić information content (AvgIpc) is 2.47. The molecule has 0 saturated carbocycles. The number of benzene rings is 2. The molecule has 0 radical (unpaired) electrons. The zero-order chi connectivity index (χ0) is 14.4. The molecule has 4 heteroatoms. The van der Waals surface area contributed by atoms with Crippen LogP contribution in [0, 0.1) is 11.3 Å². The Morgan fingerprint density at radius 2 is 1.85 bits per heavy atom. The van der Waals surface area contributed by atoms with E-state index in [1.807, 2.05) is 36.4 Å². The summed E-state index contributed by atoms with van der Waals surface area (Å²) >= 11 is 0. The largest absolute Gasteiger partial charge is 0.381 e. The zero-order valence-corrected chi connectivity index (χ0v) is 11.0. The highest BCUT2D eigenvalue weighted by Crippen LogP contribution is 2.14. The Balaban J connectivity index is 2.05. The van der Waals surface area contributed by atoms with E-state index < -0.39 is 5.91 Å². The number of amides is 1. The van der Waals surface area contributed by atoms with Gasteiger partial charge in [0, 0.05) is 17.8 Å². The third-order valence-electron chi connectivity index (χ3n) is 3.00. The lowest BCUT2D eigenvalue weighted by Crippen LogP contribution is -2.15. The highest BCUT2D eigenvalue weighted by atomic mass is 16.1. The number of hydrogen-bond donors (Lipinski definition) is 2. The Kier molecular flexibility index (Phi) is 4.35. The predicted molar refractivity (Wildman–Crippen MR) is 78.0 cm³/mol. The van der Waals surface area contributed by atoms with E-state index in [2.05, 4.69) is 11.4 Å². The van der Waals surface area contributed by atoms with Crippen molar-refractivity contribution in [1.82, 2.24) is 0 Å². The van der Waals surface area contributed by atoms with Crippen molar-refractivity contribution in [3.8, 4) is 6.07 Å². The standard InChI is InChI=1S/C16H15N3O/c17-10-9-12-5-7-14(8-6-12)19-11-13-3-1-2-4-15(13)16(18)20/h1-8,19H,9,11H2,(H2,18,20). The topological polar surface area (TPSA) is 78.9 Å². The number of nitriles is 1. The van der Waals surface area contributed by atoms with Crippen LogP contribution in [0.2, 0.25) is 0 Å². The molecule has 4 nitrogen and oxygen atoms in total. The van der Waals surface area contributed by atoms with E-state index in [1.165, 1.54) is 0 Å². The molecule has 100 valence electrons. The lowest BCUT2D eigenvalue weighted by atomic mass is 10.1. The van der Waals surface area contributed by atoms with Crippen molar-refractivity contribution in [2.75, 3.05) is 5.32 Å². The first-order valence-corrected chi connectivity index (χ1v) is 6.28. The van der Waals surface area contributed by atoms with Crippen LogP contribution >= 0.6 is 0 Å². The summed E-state index contributed by atoms with van der Waals surface area (Å²) in [5, 5.41) is 11.8. The minimum atomic E-state index is -0.424. The van der Waals surface area contributed by atoms with Crippen LogP contribution in [-0.2, 0) is 13.0 Å². The third kappa shape index (κ3) is 3.36. The molecular formula is C16H15N3O. The summed E-state index contributed by atoms with van der Waals surface area (Å²) in [5.41, 5.74) is 8.65. The molecular weight excluding hydrogens is 250 g/mol. The fraction of sp³-hybridized carbons (Fsp3) is 0.125. The smallest absolute Gasteiger partial charge is 0.249 e. The molecule has 1 amide bonds. The highest BCUT2D eigenvalue weighted by Gasteiger charge is 2.06. The van der Waals surface area contributed by atoms with Crippen molar-refractivity contribution in [2.24, 2.45) is 5.73 Å². The fourth-order valence-electron chi connectivity index (χ4n) is 1.94. The van der Waals surface area contributed by atoms with Crippen LogP contribution < -0.4 is 11.1 Å². The number of carbonyl (C=O) groups is 1. The van der Waals surface area contributed by atoms with Gasteiger partial charge >= 0.3 is 0 Å². The minimum absolute atomic E-state index is 0.408. The van der Waals surface area contributed by atoms with Gasteiger partial charge in [-0.25, -0.2) is 0 Å². The van der Waals surface area contributed by atoms with Crippen molar-refractivity contribution >= 4 is 11.6 Å². The maximum Gasteiger partial charge on any atom is 0.249 e. The van der Waals surface area contributed by atoms with Gasteiger partial charge in [-0.05, 0) is 29.3 Å². The molecule has 0 saturated heterocycles. The number of nitrogens with two attached hydrogens (primary N) is 1. The van der Waals surface area contributed by atoms with Crippen molar-refractivity contribution in [1.29, 1.82) is 5.26 Å². The van der Waals surface area contributed by atoms with Gasteiger partial charge in [0.25, 0.3) is 0 Å². The zero-order valence-electron chi connectivity index (χ0n) is 11.0. The number of nitrogens with one attached hydrogen (secondary N) is 1. The van der Waals surface area contributed by atoms with E-state index in [4.69, 9.17) is 11.0 Å². The number of carbonyl (C=O) groups excluding carboxylic acids is 1. The second-order valence-electron chi connectivity index (χ2n) is 4.41. The average molecular weight is 265 g/mol. The summed E-state index contributed by atoms with van der Waals surface area (Å²) in [4.78, 5) is 11.3. The fourth-order valence-corrected chi connectivity index (χ4v) is 1.94. The van der Waals surface area contributed by atoms with E-state index in [0.717, 1.165) is 16.8 Å². The molecule has 3 N–H and O–H groups in total. The normalized spacial score (nSPS) is 9.75. The molecule has 2 aromatic rings. The van der Waals surface area contributed by atoms with E-state index in [1.54, 1.807) is 12.1 Å². The van der Waals surface area contributed by atoms with E-state index in [0.29, 0.717) is 18.5 Å². The van der Waals surface area contributed by atoms with Gasteiger partial charge in [0.1, 0.15) is 0 Å². The SMILES string of the molecule is N#CCc1ccc(NCc2ccccc2C(N)=O)cc1. The first-order valence-electron chi connectivity index (χ1n) is 6.28. The summed E-state index contributed by atoms with van der Waals surface area (Å²) in [6, 6.07) is 17.0. The molecule has 0 heterocycles. The maximum absolute atomic E-state index is 11.3. The van der Waals surface area contributed by atoms with Crippen molar-refractivity contribution < 1.29 is 4.79 Å². The molecule has 0 spiro atoms. The molecule has 0 fully saturated rings. The van der Waals surface area contributed by atoms with Crippen LogP contribution in [0.3, 0.4) is 0 Å². The summed E-state index contributed by atoms with van der Waals surface area (Å²) in [5.74, 6) is -0.424. The molecule has 0 aliphatic heterocycles. The lowest BCUT2D eigenvalue weighted by molar-refractivity contribution is 0.0999. The van der Waals surface area contributed by atoms with Gasteiger partial charge in [-0.3, -0.25) is 4.79 Å². The molecule has 0 aromatic heterocycles. The minimum Gasteiger partial charge on any atom is -0.381 e. The molecule has 2 aromatic carbocycles. The Morgan fingerprint density at radius 3 is 2.50 bits per heavy atom. The molecule has 0 unspecified atom stereocenters. The van der Waals surface area contributed by atoms with Gasteiger partial charge in [-0.1, -0.05) is 30.3 Å². The molecule has 0 bridgehead atoms. The van der Waals surface area contributed by atoms with Crippen LogP contribution in [0.1, 0.15) is 21.5 Å². The van der Waals surface area contributed by atoms with Crippen molar-refractivity contribution in [3.63, 3.8) is 0 Å². The number of rotatable bonds is 5. The molecule has 2 rings (SSSR count). The van der Waals surface area contributed by atoms with Gasteiger partial charge in [-0.15, -0.1) is 0 Å². The highest BCUT2D eigenvalue weighted by molar-refractivity contribution is 5.94. The second kappa shape index (κ2) is 6.39. The summed E-state index contributed by atoms with van der Waals surface area (Å²) in [6.07, 6.45) is 0.408. The van der Waals surface area contributed by atoms with Gasteiger partial charge < -0.3 is 11.1 Å². The van der Waals surface area contributed by atoms with Crippen molar-refractivity contribution in [3.05, 3.63) is 65.2 Å². The predicted octanol–water partition coefficient (Wildman–Crippen LogP) is 2.46. The summed E-state index contributed by atoms with van der Waals surface area (Å²) in [7, 11) is 0. The van der Waals surface area contributed by atoms with E-state index in [9.17, 15) is 4.79 Å². The van der Waals surface area contributed by atoms with E-state index in [-0.39, 0.29) is 0 Å². The first kappa shape index (κ1) is 13.6. The van der Waals surface area contributed by atoms with Crippen molar-refractivity contribution in [2.45, 2.75) is 13.0 Å². The molecule has 0 atom stereocenters. The second-order valence-corrected chi connectivity index (χ2v) is 4.41. The van der Waals surface area contributed by atoms with Gasteiger partial charge in [0.15, 0.2) is 0 Å². The van der Waals surface area contributed by atoms with Gasteiger partial charge in [-0.2, -0.15) is 5.26 Å². The van der Waals surface area contributed by atoms with Crippen LogP contribution in [0.25, 0.3) is 0 Å². The number of hydrogen-bond acceptors (Lipinski definition) is 3. The Hall–Kier alpha value is -2.80. The number of primary amides is 1. The van der Waals surface area contributed by atoms with Crippen LogP contribution in [0.15, 0.2) is 48.5 Å². The third-order valence-corrected chi connectivity index (χ3v) is 3.00. The van der Waals surface area contributed by atoms with Crippen LogP contribution in [0.4, 0.5) is 5.69 Å². The maximum atomic E-state index is 11.3. The Morgan fingerprint density at radius 1 is 1.15 bits per heavy atom. The summed E-state index contributed by atoms with van der Waals surface area (Å²) < 4.78 is 0. The first-order chi connectivity index (χ1) is 9.70.